The topological polar surface area (TPSA) is 16.1 Å². The Kier molecular flexibility index (Phi) is 5.16. The molecule has 0 aliphatic rings. The van der Waals surface area contributed by atoms with Gasteiger partial charge in [-0.05, 0) is 27.6 Å². The van der Waals surface area contributed by atoms with Crippen LogP contribution in [-0.4, -0.2) is 17.4 Å². The van der Waals surface area contributed by atoms with Crippen molar-refractivity contribution >= 4 is 33.3 Å². The summed E-state index contributed by atoms with van der Waals surface area (Å²) in [6, 6.07) is 11.3. The van der Waals surface area contributed by atoms with Crippen molar-refractivity contribution < 1.29 is 4.39 Å². The Morgan fingerprint density at radius 2 is 2.00 bits per heavy atom. The number of rotatable bonds is 5. The number of hydrogen-bond donors (Lipinski definition) is 0. The summed E-state index contributed by atoms with van der Waals surface area (Å²) in [5.74, 6) is 0.396. The zero-order chi connectivity index (χ0) is 13.7. The minimum atomic E-state index is -0.351. The first kappa shape index (κ1) is 14.3. The molecule has 2 aromatic rings. The van der Waals surface area contributed by atoms with Gasteiger partial charge in [0, 0.05) is 29.6 Å². The number of hydrogen-bond acceptors (Lipinski definition) is 2. The van der Waals surface area contributed by atoms with Crippen LogP contribution in [0.25, 0.3) is 0 Å². The maximum Gasteiger partial charge on any atom is 0.166 e. The minimum Gasteiger partial charge on any atom is -0.349 e. The zero-order valence-electron chi connectivity index (χ0n) is 10.2. The first-order chi connectivity index (χ1) is 9.20. The largest absolute Gasteiger partial charge is 0.349 e. The first-order valence-electron chi connectivity index (χ1n) is 5.86. The van der Waals surface area contributed by atoms with Gasteiger partial charge in [0.2, 0.25) is 0 Å². The van der Waals surface area contributed by atoms with Gasteiger partial charge < -0.3 is 4.90 Å². The third kappa shape index (κ3) is 3.91. The molecule has 1 heterocycles. The SMILES string of the molecule is Fc1cc(Br)cnc1N(CCCl)Cc1ccccc1. The van der Waals surface area contributed by atoms with Crippen molar-refractivity contribution in [2.75, 3.05) is 17.3 Å². The van der Waals surface area contributed by atoms with Gasteiger partial charge in [-0.15, -0.1) is 11.6 Å². The molecule has 1 aromatic heterocycles. The van der Waals surface area contributed by atoms with Crippen LogP contribution in [0.5, 0.6) is 0 Å². The molecular formula is C14H13BrClFN2. The zero-order valence-corrected chi connectivity index (χ0v) is 12.5. The second-order valence-corrected chi connectivity index (χ2v) is 5.35. The van der Waals surface area contributed by atoms with Gasteiger partial charge in [-0.2, -0.15) is 0 Å². The highest BCUT2D eigenvalue weighted by molar-refractivity contribution is 9.10. The highest BCUT2D eigenvalue weighted by atomic mass is 79.9. The van der Waals surface area contributed by atoms with E-state index in [4.69, 9.17) is 11.6 Å². The van der Waals surface area contributed by atoms with Crippen molar-refractivity contribution in [3.05, 3.63) is 58.4 Å². The summed E-state index contributed by atoms with van der Waals surface area (Å²) in [5.41, 5.74) is 1.09. The minimum absolute atomic E-state index is 0.327. The summed E-state index contributed by atoms with van der Waals surface area (Å²) in [5, 5.41) is 0. The van der Waals surface area contributed by atoms with Crippen LogP contribution in [0.3, 0.4) is 0 Å². The van der Waals surface area contributed by atoms with Gasteiger partial charge in [-0.1, -0.05) is 30.3 Å². The Balaban J connectivity index is 2.24. The molecule has 0 aliphatic heterocycles. The van der Waals surface area contributed by atoms with Crippen molar-refractivity contribution in [1.82, 2.24) is 4.98 Å². The molecule has 2 nitrogen and oxygen atoms in total. The van der Waals surface area contributed by atoms with Crippen molar-refractivity contribution in [3.63, 3.8) is 0 Å². The fourth-order valence-electron chi connectivity index (χ4n) is 1.81. The summed E-state index contributed by atoms with van der Waals surface area (Å²) in [4.78, 5) is 5.98. The maximum absolute atomic E-state index is 13.9. The summed E-state index contributed by atoms with van der Waals surface area (Å²) >= 11 is 9.00. The van der Waals surface area contributed by atoms with Crippen LogP contribution in [0.1, 0.15) is 5.56 Å². The average molecular weight is 344 g/mol. The highest BCUT2D eigenvalue weighted by Crippen LogP contribution is 2.21. The van der Waals surface area contributed by atoms with Crippen LogP contribution in [-0.2, 0) is 6.54 Å². The third-order valence-corrected chi connectivity index (χ3v) is 3.26. The number of alkyl halides is 1. The predicted octanol–water partition coefficient (Wildman–Crippen LogP) is 4.23. The standard InChI is InChI=1S/C14H13BrClFN2/c15-12-8-13(17)14(18-9-12)19(7-6-16)10-11-4-2-1-3-5-11/h1-5,8-9H,6-7,10H2. The fraction of sp³-hybridized carbons (Fsp3) is 0.214. The Hall–Kier alpha value is -1.13. The number of aromatic nitrogens is 1. The second kappa shape index (κ2) is 6.87. The van der Waals surface area contributed by atoms with Gasteiger partial charge >= 0.3 is 0 Å². The monoisotopic (exact) mass is 342 g/mol. The number of nitrogens with zero attached hydrogens (tertiary/aromatic N) is 2. The van der Waals surface area contributed by atoms with E-state index in [1.807, 2.05) is 35.2 Å². The van der Waals surface area contributed by atoms with Gasteiger partial charge in [0.25, 0.3) is 0 Å². The van der Waals surface area contributed by atoms with Gasteiger partial charge in [0.1, 0.15) is 0 Å². The van der Waals surface area contributed by atoms with E-state index in [1.165, 1.54) is 6.07 Å². The molecule has 0 aliphatic carbocycles. The van der Waals surface area contributed by atoms with Crippen LogP contribution < -0.4 is 4.90 Å². The summed E-state index contributed by atoms with van der Waals surface area (Å²) in [6.07, 6.45) is 1.59. The smallest absolute Gasteiger partial charge is 0.166 e. The molecule has 0 saturated heterocycles. The van der Waals surface area contributed by atoms with Crippen LogP contribution in [0.2, 0.25) is 0 Å². The maximum atomic E-state index is 13.9. The van der Waals surface area contributed by atoms with Crippen molar-refractivity contribution in [2.45, 2.75) is 6.54 Å². The molecule has 0 amide bonds. The fourth-order valence-corrected chi connectivity index (χ4v) is 2.31. The van der Waals surface area contributed by atoms with Crippen LogP contribution in [0, 0.1) is 5.82 Å². The quantitative estimate of drug-likeness (QED) is 0.755. The van der Waals surface area contributed by atoms with Crippen LogP contribution in [0.4, 0.5) is 10.2 Å². The van der Waals surface area contributed by atoms with Crippen molar-refractivity contribution in [3.8, 4) is 0 Å². The normalized spacial score (nSPS) is 10.5. The molecule has 0 saturated carbocycles. The van der Waals surface area contributed by atoms with Crippen LogP contribution in [0.15, 0.2) is 47.1 Å². The molecule has 0 spiro atoms. The number of benzene rings is 1. The van der Waals surface area contributed by atoms with Gasteiger partial charge in [0.05, 0.1) is 0 Å². The summed E-state index contributed by atoms with van der Waals surface area (Å²) in [6.45, 7) is 1.13. The molecule has 100 valence electrons. The molecule has 19 heavy (non-hydrogen) atoms. The van der Waals surface area contributed by atoms with Gasteiger partial charge in [-0.25, -0.2) is 9.37 Å². The number of anilines is 1. The van der Waals surface area contributed by atoms with E-state index in [9.17, 15) is 4.39 Å². The van der Waals surface area contributed by atoms with E-state index >= 15 is 0 Å². The lowest BCUT2D eigenvalue weighted by Gasteiger charge is -2.23. The van der Waals surface area contributed by atoms with E-state index in [0.29, 0.717) is 29.3 Å². The molecule has 0 N–H and O–H groups in total. The molecule has 1 aromatic carbocycles. The lowest BCUT2D eigenvalue weighted by molar-refractivity contribution is 0.609. The second-order valence-electron chi connectivity index (χ2n) is 4.06. The van der Waals surface area contributed by atoms with Gasteiger partial charge in [0.15, 0.2) is 11.6 Å². The molecule has 0 bridgehead atoms. The number of halogens is 3. The molecular weight excluding hydrogens is 331 g/mol. The van der Waals surface area contributed by atoms with E-state index in [-0.39, 0.29) is 5.82 Å². The molecule has 0 fully saturated rings. The predicted molar refractivity (Wildman–Crippen MR) is 80.1 cm³/mol. The third-order valence-electron chi connectivity index (χ3n) is 2.66. The van der Waals surface area contributed by atoms with Gasteiger partial charge in [-0.3, -0.25) is 0 Å². The Bertz CT molecular complexity index is 536. The summed E-state index contributed by atoms with van der Waals surface area (Å²) in [7, 11) is 0. The number of pyridine rings is 1. The molecule has 0 atom stereocenters. The Labute approximate surface area is 125 Å². The highest BCUT2D eigenvalue weighted by Gasteiger charge is 2.13. The molecule has 0 unspecified atom stereocenters. The molecule has 2 rings (SSSR count). The Morgan fingerprint density at radius 3 is 2.63 bits per heavy atom. The van der Waals surface area contributed by atoms with Crippen molar-refractivity contribution in [2.24, 2.45) is 0 Å². The van der Waals surface area contributed by atoms with E-state index in [2.05, 4.69) is 20.9 Å². The summed E-state index contributed by atoms with van der Waals surface area (Å²) < 4.78 is 14.6. The van der Waals surface area contributed by atoms with Crippen LogP contribution >= 0.6 is 27.5 Å². The average Bonchev–Trinajstić information content (AvgIpc) is 2.39. The van der Waals surface area contributed by atoms with E-state index in [1.54, 1.807) is 6.20 Å². The van der Waals surface area contributed by atoms with E-state index < -0.39 is 0 Å². The molecule has 0 radical (unpaired) electrons. The van der Waals surface area contributed by atoms with Crippen molar-refractivity contribution in [1.29, 1.82) is 0 Å². The Morgan fingerprint density at radius 1 is 1.26 bits per heavy atom. The lowest BCUT2D eigenvalue weighted by Crippen LogP contribution is -2.26. The first-order valence-corrected chi connectivity index (χ1v) is 7.19. The van der Waals surface area contributed by atoms with E-state index in [0.717, 1.165) is 5.56 Å². The molecule has 5 heteroatoms. The lowest BCUT2D eigenvalue weighted by atomic mass is 10.2.